The Bertz CT molecular complexity index is 1090. The summed E-state index contributed by atoms with van der Waals surface area (Å²) in [4.78, 5) is 20.9. The average molecular weight is 408 g/mol. The number of benzene rings is 2. The molecule has 0 spiro atoms. The summed E-state index contributed by atoms with van der Waals surface area (Å²) in [5.41, 5.74) is 9.63. The summed E-state index contributed by atoms with van der Waals surface area (Å²) in [6.45, 7) is 0. The summed E-state index contributed by atoms with van der Waals surface area (Å²) in [6.07, 6.45) is 2.39. The second-order valence-corrected chi connectivity index (χ2v) is 8.29. The van der Waals surface area contributed by atoms with Gasteiger partial charge in [-0.3, -0.25) is 4.99 Å². The molecule has 1 aliphatic heterocycles. The number of aromatic nitrogens is 1. The smallest absolute Gasteiger partial charge is 0.331 e. The van der Waals surface area contributed by atoms with E-state index in [4.69, 9.17) is 27.1 Å². The van der Waals surface area contributed by atoms with Crippen molar-refractivity contribution in [3.8, 4) is 0 Å². The number of halogens is 1. The fourth-order valence-electron chi connectivity index (χ4n) is 4.55. The van der Waals surface area contributed by atoms with Crippen molar-refractivity contribution in [2.75, 3.05) is 0 Å². The van der Waals surface area contributed by atoms with Gasteiger partial charge in [-0.1, -0.05) is 48.0 Å². The van der Waals surface area contributed by atoms with Crippen molar-refractivity contribution in [1.29, 1.82) is 0 Å². The van der Waals surface area contributed by atoms with Crippen LogP contribution in [0.2, 0.25) is 5.02 Å². The summed E-state index contributed by atoms with van der Waals surface area (Å²) in [5.74, 6) is -0.291. The molecule has 5 rings (SSSR count). The lowest BCUT2D eigenvalue weighted by molar-refractivity contribution is -0.149. The summed E-state index contributed by atoms with van der Waals surface area (Å²) >= 11 is 6.47. The molecule has 3 aromatic rings. The van der Waals surface area contributed by atoms with Crippen molar-refractivity contribution in [3.05, 3.63) is 70.9 Å². The predicted octanol–water partition coefficient (Wildman–Crippen LogP) is 4.14. The molecule has 1 aliphatic carbocycles. The number of ether oxygens (including phenoxy) is 1. The van der Waals surface area contributed by atoms with Gasteiger partial charge < -0.3 is 15.5 Å². The average Bonchev–Trinajstić information content (AvgIpc) is 3.12. The highest BCUT2D eigenvalue weighted by atomic mass is 35.5. The van der Waals surface area contributed by atoms with Crippen LogP contribution >= 0.6 is 11.6 Å². The molecule has 1 unspecified atom stereocenters. The number of nitrogens with two attached hydrogens (primary N) is 1. The number of esters is 1. The predicted molar refractivity (Wildman–Crippen MR) is 114 cm³/mol. The molecule has 148 valence electrons. The number of nitrogens with one attached hydrogen (secondary N) is 1. The van der Waals surface area contributed by atoms with Gasteiger partial charge in [0.25, 0.3) is 0 Å². The molecule has 3 N–H and O–H groups in total. The number of nitrogens with zero attached hydrogens (tertiary/aromatic N) is 1. The largest absolute Gasteiger partial charge is 0.455 e. The van der Waals surface area contributed by atoms with Gasteiger partial charge in [-0.05, 0) is 48.4 Å². The van der Waals surface area contributed by atoms with E-state index in [9.17, 15) is 4.79 Å². The summed E-state index contributed by atoms with van der Waals surface area (Å²) in [5, 5.41) is 1.72. The molecule has 0 amide bonds. The van der Waals surface area contributed by atoms with E-state index >= 15 is 0 Å². The third-order valence-electron chi connectivity index (χ3n) is 5.98. The van der Waals surface area contributed by atoms with E-state index in [2.05, 4.69) is 11.1 Å². The molecule has 1 aromatic heterocycles. The van der Waals surface area contributed by atoms with Crippen LogP contribution in [-0.2, 0) is 21.5 Å². The van der Waals surface area contributed by atoms with Gasteiger partial charge >= 0.3 is 5.97 Å². The van der Waals surface area contributed by atoms with Gasteiger partial charge in [-0.25, -0.2) is 4.79 Å². The fraction of sp³-hybridized carbons (Fsp3) is 0.304. The topological polar surface area (TPSA) is 80.5 Å². The van der Waals surface area contributed by atoms with E-state index in [1.807, 2.05) is 48.5 Å². The Morgan fingerprint density at radius 1 is 1.21 bits per heavy atom. The molecule has 5 nitrogen and oxygen atoms in total. The first-order chi connectivity index (χ1) is 14.0. The Morgan fingerprint density at radius 2 is 2.00 bits per heavy atom. The van der Waals surface area contributed by atoms with E-state index in [1.54, 1.807) is 0 Å². The SMILES string of the molecule is N[C@@]1(c2ccccc2Cl)CCC[C@H]2OC(=O)C(Cc3cc4ccccc4[nH]3)N=C21. The second kappa shape index (κ2) is 7.01. The van der Waals surface area contributed by atoms with Crippen LogP contribution in [0, 0.1) is 0 Å². The van der Waals surface area contributed by atoms with E-state index in [0.717, 1.165) is 47.1 Å². The minimum absolute atomic E-state index is 0.291. The molecule has 0 bridgehead atoms. The number of fused-ring (bicyclic) bond motifs is 2. The van der Waals surface area contributed by atoms with Crippen molar-refractivity contribution in [3.63, 3.8) is 0 Å². The lowest BCUT2D eigenvalue weighted by atomic mass is 9.73. The van der Waals surface area contributed by atoms with Gasteiger partial charge in [-0.2, -0.15) is 0 Å². The lowest BCUT2D eigenvalue weighted by Gasteiger charge is -2.42. The van der Waals surface area contributed by atoms with Gasteiger partial charge in [0, 0.05) is 22.7 Å². The van der Waals surface area contributed by atoms with Crippen LogP contribution in [0.15, 0.2) is 59.6 Å². The summed E-state index contributed by atoms with van der Waals surface area (Å²) in [6, 6.07) is 17.1. The Balaban J connectivity index is 1.52. The van der Waals surface area contributed by atoms with Crippen LogP contribution in [-0.4, -0.2) is 28.8 Å². The maximum absolute atomic E-state index is 12.7. The van der Waals surface area contributed by atoms with Crippen LogP contribution in [0.25, 0.3) is 10.9 Å². The molecule has 2 aromatic carbocycles. The monoisotopic (exact) mass is 407 g/mol. The van der Waals surface area contributed by atoms with Crippen molar-refractivity contribution in [2.45, 2.75) is 43.4 Å². The van der Waals surface area contributed by atoms with E-state index < -0.39 is 11.6 Å². The Labute approximate surface area is 173 Å². The van der Waals surface area contributed by atoms with Crippen molar-refractivity contribution in [1.82, 2.24) is 4.98 Å². The molecule has 29 heavy (non-hydrogen) atoms. The number of hydrogen-bond donors (Lipinski definition) is 2. The van der Waals surface area contributed by atoms with Crippen molar-refractivity contribution >= 4 is 34.2 Å². The van der Waals surface area contributed by atoms with Crippen LogP contribution in [0.3, 0.4) is 0 Å². The lowest BCUT2D eigenvalue weighted by Crippen LogP contribution is -2.57. The highest BCUT2D eigenvalue weighted by Gasteiger charge is 2.47. The number of para-hydroxylation sites is 1. The van der Waals surface area contributed by atoms with E-state index in [1.165, 1.54) is 0 Å². The maximum atomic E-state index is 12.7. The summed E-state index contributed by atoms with van der Waals surface area (Å²) < 4.78 is 5.80. The highest BCUT2D eigenvalue weighted by molar-refractivity contribution is 6.32. The highest BCUT2D eigenvalue weighted by Crippen LogP contribution is 2.39. The van der Waals surface area contributed by atoms with Gasteiger partial charge in [0.15, 0.2) is 6.04 Å². The Kier molecular flexibility index (Phi) is 4.45. The quantitative estimate of drug-likeness (QED) is 0.640. The molecule has 0 radical (unpaired) electrons. The first-order valence-electron chi connectivity index (χ1n) is 9.94. The van der Waals surface area contributed by atoms with Gasteiger partial charge in [0.1, 0.15) is 6.10 Å². The number of aromatic amines is 1. The number of aliphatic imine (C=N–C) groups is 1. The molecule has 1 saturated carbocycles. The molecule has 3 atom stereocenters. The number of carbonyl (C=O) groups excluding carboxylic acids is 1. The molecule has 6 heteroatoms. The molecule has 1 fully saturated rings. The first kappa shape index (κ1) is 18.4. The molecule has 0 saturated heterocycles. The zero-order valence-electron chi connectivity index (χ0n) is 15.9. The fourth-order valence-corrected chi connectivity index (χ4v) is 4.85. The van der Waals surface area contributed by atoms with Gasteiger partial charge in [0.05, 0.1) is 11.3 Å². The molecular weight excluding hydrogens is 386 g/mol. The Morgan fingerprint density at radius 3 is 2.83 bits per heavy atom. The van der Waals surface area contributed by atoms with Crippen molar-refractivity contribution < 1.29 is 9.53 Å². The molecular formula is C23H22ClN3O2. The van der Waals surface area contributed by atoms with Gasteiger partial charge in [-0.15, -0.1) is 0 Å². The first-order valence-corrected chi connectivity index (χ1v) is 10.3. The number of rotatable bonds is 3. The minimum Gasteiger partial charge on any atom is -0.455 e. The normalized spacial score (nSPS) is 26.7. The van der Waals surface area contributed by atoms with E-state index in [-0.39, 0.29) is 12.1 Å². The van der Waals surface area contributed by atoms with Gasteiger partial charge in [0.2, 0.25) is 0 Å². The van der Waals surface area contributed by atoms with E-state index in [0.29, 0.717) is 11.4 Å². The maximum Gasteiger partial charge on any atom is 0.331 e. The second-order valence-electron chi connectivity index (χ2n) is 7.89. The minimum atomic E-state index is -0.819. The number of H-pyrrole nitrogens is 1. The third-order valence-corrected chi connectivity index (χ3v) is 6.31. The third kappa shape index (κ3) is 3.15. The van der Waals surface area contributed by atoms with Crippen LogP contribution in [0.4, 0.5) is 0 Å². The standard InChI is InChI=1S/C23H22ClN3O2/c24-17-8-3-2-7-16(17)23(25)11-5-10-20-21(23)27-19(22(28)29-20)13-15-12-14-6-1-4-9-18(14)26-15/h1-4,6-9,12,19-20,26H,5,10-11,13,25H2/t19?,20-,23-/m1/s1. The summed E-state index contributed by atoms with van der Waals surface area (Å²) in [7, 11) is 0. The zero-order valence-corrected chi connectivity index (χ0v) is 16.7. The van der Waals surface area contributed by atoms with Crippen LogP contribution in [0.1, 0.15) is 30.5 Å². The van der Waals surface area contributed by atoms with Crippen LogP contribution in [0.5, 0.6) is 0 Å². The number of carbonyl (C=O) groups is 1. The zero-order chi connectivity index (χ0) is 20.0. The molecule has 2 heterocycles. The molecule has 2 aliphatic rings. The van der Waals surface area contributed by atoms with Crippen molar-refractivity contribution in [2.24, 2.45) is 10.7 Å². The van der Waals surface area contributed by atoms with Crippen LogP contribution < -0.4 is 5.73 Å². The number of hydrogen-bond acceptors (Lipinski definition) is 4. The Hall–Kier alpha value is -2.63.